The third-order valence-electron chi connectivity index (χ3n) is 2.13. The van der Waals surface area contributed by atoms with Gasteiger partial charge in [-0.3, -0.25) is 0 Å². The summed E-state index contributed by atoms with van der Waals surface area (Å²) in [5.41, 5.74) is 6.97. The molecule has 0 aliphatic carbocycles. The van der Waals surface area contributed by atoms with Gasteiger partial charge in [-0.1, -0.05) is 6.92 Å². The zero-order valence-electron chi connectivity index (χ0n) is 8.95. The van der Waals surface area contributed by atoms with Gasteiger partial charge < -0.3 is 11.1 Å². The summed E-state index contributed by atoms with van der Waals surface area (Å²) in [6, 6.07) is 4.77. The number of rotatable bonds is 4. The van der Waals surface area contributed by atoms with E-state index in [0.29, 0.717) is 5.69 Å². The molecule has 4 nitrogen and oxygen atoms in total. The molecule has 0 amide bonds. The highest BCUT2D eigenvalue weighted by Crippen LogP contribution is 2.22. The van der Waals surface area contributed by atoms with E-state index in [-0.39, 0.29) is 10.6 Å². The number of hydrogen-bond acceptors (Lipinski definition) is 4. The second-order valence-electron chi connectivity index (χ2n) is 3.18. The van der Waals surface area contributed by atoms with Crippen molar-refractivity contribution in [3.05, 3.63) is 18.2 Å². The maximum Gasteiger partial charge on any atom is 0.178 e. The zero-order chi connectivity index (χ0) is 11.5. The molecular weight excluding hydrogens is 212 g/mol. The fraction of sp³-hybridized carbons (Fsp3) is 0.400. The third kappa shape index (κ3) is 2.62. The van der Waals surface area contributed by atoms with Crippen LogP contribution in [0.3, 0.4) is 0 Å². The van der Waals surface area contributed by atoms with Crippen molar-refractivity contribution in [2.75, 3.05) is 23.3 Å². The van der Waals surface area contributed by atoms with Crippen molar-refractivity contribution >= 4 is 21.2 Å². The smallest absolute Gasteiger partial charge is 0.178 e. The predicted molar refractivity (Wildman–Crippen MR) is 62.7 cm³/mol. The zero-order valence-corrected chi connectivity index (χ0v) is 9.76. The Bertz CT molecular complexity index is 441. The standard InChI is InChI=1S/C10H16N2O2S/c1-3-12-10-6-5-8(7-9(10)11)15(13,14)4-2/h5-7,12H,3-4,11H2,1-2H3. The molecule has 0 aliphatic rings. The first-order chi connectivity index (χ1) is 7.01. The van der Waals surface area contributed by atoms with Gasteiger partial charge in [0, 0.05) is 6.54 Å². The van der Waals surface area contributed by atoms with Crippen molar-refractivity contribution in [2.24, 2.45) is 0 Å². The highest BCUT2D eigenvalue weighted by atomic mass is 32.2. The van der Waals surface area contributed by atoms with Gasteiger partial charge in [-0.2, -0.15) is 0 Å². The molecule has 0 aromatic heterocycles. The van der Waals surface area contributed by atoms with E-state index in [0.717, 1.165) is 12.2 Å². The minimum Gasteiger partial charge on any atom is -0.397 e. The Balaban J connectivity index is 3.12. The van der Waals surface area contributed by atoms with Crippen LogP contribution in [-0.4, -0.2) is 20.7 Å². The average Bonchev–Trinajstić information content (AvgIpc) is 2.21. The van der Waals surface area contributed by atoms with E-state index < -0.39 is 9.84 Å². The Morgan fingerprint density at radius 2 is 2.00 bits per heavy atom. The van der Waals surface area contributed by atoms with Gasteiger partial charge in [0.2, 0.25) is 0 Å². The quantitative estimate of drug-likeness (QED) is 0.766. The first-order valence-corrected chi connectivity index (χ1v) is 6.52. The molecule has 5 heteroatoms. The van der Waals surface area contributed by atoms with Gasteiger partial charge in [0.05, 0.1) is 22.0 Å². The second-order valence-corrected chi connectivity index (χ2v) is 5.46. The maximum absolute atomic E-state index is 11.5. The van der Waals surface area contributed by atoms with E-state index in [4.69, 9.17) is 5.73 Å². The lowest BCUT2D eigenvalue weighted by molar-refractivity contribution is 0.597. The number of sulfone groups is 1. The summed E-state index contributed by atoms with van der Waals surface area (Å²) in [5.74, 6) is 0.0903. The van der Waals surface area contributed by atoms with Crippen molar-refractivity contribution in [1.82, 2.24) is 0 Å². The van der Waals surface area contributed by atoms with Crippen LogP contribution < -0.4 is 11.1 Å². The molecule has 0 heterocycles. The molecule has 0 saturated heterocycles. The maximum atomic E-state index is 11.5. The Hall–Kier alpha value is -1.23. The number of hydrogen-bond donors (Lipinski definition) is 2. The largest absolute Gasteiger partial charge is 0.397 e. The van der Waals surface area contributed by atoms with Crippen LogP contribution in [0.15, 0.2) is 23.1 Å². The fourth-order valence-corrected chi connectivity index (χ4v) is 2.17. The average molecular weight is 228 g/mol. The van der Waals surface area contributed by atoms with E-state index in [1.807, 2.05) is 6.92 Å². The lowest BCUT2D eigenvalue weighted by Gasteiger charge is -2.09. The number of anilines is 2. The van der Waals surface area contributed by atoms with E-state index in [1.165, 1.54) is 6.07 Å². The van der Waals surface area contributed by atoms with Crippen LogP contribution in [0.5, 0.6) is 0 Å². The van der Waals surface area contributed by atoms with Crippen LogP contribution >= 0.6 is 0 Å². The third-order valence-corrected chi connectivity index (χ3v) is 3.86. The Kier molecular flexibility index (Phi) is 3.57. The Morgan fingerprint density at radius 1 is 1.33 bits per heavy atom. The molecule has 15 heavy (non-hydrogen) atoms. The summed E-state index contributed by atoms with van der Waals surface area (Å²) in [5, 5.41) is 3.05. The number of nitrogens with one attached hydrogen (secondary N) is 1. The molecule has 0 atom stereocenters. The predicted octanol–water partition coefficient (Wildman–Crippen LogP) is 1.49. The lowest BCUT2D eigenvalue weighted by atomic mass is 10.2. The van der Waals surface area contributed by atoms with Crippen LogP contribution in [0.2, 0.25) is 0 Å². The number of nitrogen functional groups attached to an aromatic ring is 1. The van der Waals surface area contributed by atoms with E-state index in [2.05, 4.69) is 5.32 Å². The van der Waals surface area contributed by atoms with Crippen molar-refractivity contribution in [2.45, 2.75) is 18.7 Å². The van der Waals surface area contributed by atoms with Crippen molar-refractivity contribution in [3.8, 4) is 0 Å². The second kappa shape index (κ2) is 4.53. The topological polar surface area (TPSA) is 72.2 Å². The van der Waals surface area contributed by atoms with Crippen LogP contribution in [0.25, 0.3) is 0 Å². The molecule has 0 spiro atoms. The van der Waals surface area contributed by atoms with Gasteiger partial charge in [0.25, 0.3) is 0 Å². The van der Waals surface area contributed by atoms with Gasteiger partial charge in [-0.15, -0.1) is 0 Å². The molecule has 1 aromatic carbocycles. The first kappa shape index (κ1) is 11.8. The molecule has 0 bridgehead atoms. The SMILES string of the molecule is CCNc1ccc(S(=O)(=O)CC)cc1N. The van der Waals surface area contributed by atoms with Crippen molar-refractivity contribution < 1.29 is 8.42 Å². The minimum atomic E-state index is -3.16. The molecule has 3 N–H and O–H groups in total. The van der Waals surface area contributed by atoms with Crippen LogP contribution in [-0.2, 0) is 9.84 Å². The highest BCUT2D eigenvalue weighted by Gasteiger charge is 2.12. The molecule has 84 valence electrons. The van der Waals surface area contributed by atoms with Crippen LogP contribution in [0.1, 0.15) is 13.8 Å². The van der Waals surface area contributed by atoms with E-state index in [9.17, 15) is 8.42 Å². The summed E-state index contributed by atoms with van der Waals surface area (Å²) in [7, 11) is -3.16. The summed E-state index contributed by atoms with van der Waals surface area (Å²) in [6.45, 7) is 4.32. The summed E-state index contributed by atoms with van der Waals surface area (Å²) in [4.78, 5) is 0.282. The Labute approximate surface area is 90.4 Å². The summed E-state index contributed by atoms with van der Waals surface area (Å²) in [6.07, 6.45) is 0. The monoisotopic (exact) mass is 228 g/mol. The van der Waals surface area contributed by atoms with Gasteiger partial charge in [0.15, 0.2) is 9.84 Å². The molecule has 1 rings (SSSR count). The fourth-order valence-electron chi connectivity index (χ4n) is 1.25. The molecule has 0 saturated carbocycles. The van der Waals surface area contributed by atoms with Crippen molar-refractivity contribution in [1.29, 1.82) is 0 Å². The molecular formula is C10H16N2O2S. The van der Waals surface area contributed by atoms with Gasteiger partial charge in [-0.05, 0) is 25.1 Å². The Morgan fingerprint density at radius 3 is 2.47 bits per heavy atom. The number of nitrogens with two attached hydrogens (primary N) is 1. The van der Waals surface area contributed by atoms with Crippen LogP contribution in [0.4, 0.5) is 11.4 Å². The minimum absolute atomic E-state index is 0.0903. The lowest BCUT2D eigenvalue weighted by Crippen LogP contribution is -2.06. The molecule has 0 fully saturated rings. The van der Waals surface area contributed by atoms with E-state index in [1.54, 1.807) is 19.1 Å². The van der Waals surface area contributed by atoms with Gasteiger partial charge in [0.1, 0.15) is 0 Å². The van der Waals surface area contributed by atoms with Crippen molar-refractivity contribution in [3.63, 3.8) is 0 Å². The highest BCUT2D eigenvalue weighted by molar-refractivity contribution is 7.91. The van der Waals surface area contributed by atoms with E-state index >= 15 is 0 Å². The molecule has 0 radical (unpaired) electrons. The molecule has 0 aliphatic heterocycles. The molecule has 0 unspecified atom stereocenters. The van der Waals surface area contributed by atoms with Gasteiger partial charge in [-0.25, -0.2) is 8.42 Å². The number of benzene rings is 1. The summed E-state index contributed by atoms with van der Waals surface area (Å²) < 4.78 is 23.1. The first-order valence-electron chi connectivity index (χ1n) is 4.87. The normalized spacial score (nSPS) is 11.3. The van der Waals surface area contributed by atoms with Gasteiger partial charge >= 0.3 is 0 Å². The summed E-state index contributed by atoms with van der Waals surface area (Å²) >= 11 is 0. The molecule has 1 aromatic rings. The van der Waals surface area contributed by atoms with Crippen LogP contribution in [0, 0.1) is 0 Å².